The lowest BCUT2D eigenvalue weighted by molar-refractivity contribution is -0.123. The van der Waals surface area contributed by atoms with E-state index in [1.54, 1.807) is 24.3 Å². The molecule has 1 heterocycles. The number of hydrogen-bond acceptors (Lipinski definition) is 3. The van der Waals surface area contributed by atoms with E-state index in [0.717, 1.165) is 37.7 Å². The van der Waals surface area contributed by atoms with Crippen molar-refractivity contribution < 1.29 is 14.0 Å². The second-order valence-electron chi connectivity index (χ2n) is 8.76. The summed E-state index contributed by atoms with van der Waals surface area (Å²) >= 11 is 12.4. The topological polar surface area (TPSA) is 75.4 Å². The molecule has 4 rings (SSSR count). The molecular weight excluding hydrogens is 452 g/mol. The molecule has 8 heteroatoms. The first-order chi connectivity index (χ1) is 15.3. The normalized spacial score (nSPS) is 25.1. The molecule has 32 heavy (non-hydrogen) atoms. The van der Waals surface area contributed by atoms with Crippen molar-refractivity contribution in [3.05, 3.63) is 63.4 Å². The van der Waals surface area contributed by atoms with Crippen molar-refractivity contribution in [1.82, 2.24) is 4.90 Å². The molecule has 3 atom stereocenters. The molecule has 1 aliphatic heterocycles. The van der Waals surface area contributed by atoms with Crippen LogP contribution < -0.4 is 11.1 Å². The van der Waals surface area contributed by atoms with Gasteiger partial charge in [-0.2, -0.15) is 0 Å². The minimum Gasteiger partial charge on any atom is -0.368 e. The van der Waals surface area contributed by atoms with E-state index in [0.29, 0.717) is 22.7 Å². The Morgan fingerprint density at radius 3 is 2.56 bits per heavy atom. The second-order valence-corrected chi connectivity index (χ2v) is 9.61. The average Bonchev–Trinajstić information content (AvgIpc) is 2.99. The molecule has 1 saturated heterocycles. The molecule has 1 aliphatic carbocycles. The van der Waals surface area contributed by atoms with E-state index in [9.17, 15) is 9.59 Å². The Bertz CT molecular complexity index is 1040. The molecule has 2 aromatic carbocycles. The third kappa shape index (κ3) is 3.68. The number of benzene rings is 2. The minimum atomic E-state index is -0.731. The zero-order chi connectivity index (χ0) is 23.0. The number of halogens is 3. The maximum absolute atomic E-state index is 15.4. The number of anilines is 1. The number of rotatable bonds is 5. The van der Waals surface area contributed by atoms with Crippen molar-refractivity contribution in [3.8, 4) is 0 Å². The fourth-order valence-electron chi connectivity index (χ4n) is 6.05. The van der Waals surface area contributed by atoms with Gasteiger partial charge in [-0.3, -0.25) is 14.5 Å². The first-order valence-electron chi connectivity index (χ1n) is 10.8. The highest BCUT2D eigenvalue weighted by Crippen LogP contribution is 2.59. The number of primary amides is 1. The molecular formula is C24H26Cl2FN3O2. The van der Waals surface area contributed by atoms with Gasteiger partial charge in [0.05, 0.1) is 11.1 Å². The molecule has 2 amide bonds. The molecule has 0 aromatic heterocycles. The number of carbonyl (C=O) groups excluding carboxylic acids is 2. The van der Waals surface area contributed by atoms with Crippen LogP contribution in [0.2, 0.25) is 10.0 Å². The number of nitrogens with two attached hydrogens (primary N) is 1. The lowest BCUT2D eigenvalue weighted by Gasteiger charge is -2.45. The summed E-state index contributed by atoms with van der Waals surface area (Å²) in [5.41, 5.74) is 7.21. The van der Waals surface area contributed by atoms with E-state index < -0.39 is 29.2 Å². The van der Waals surface area contributed by atoms with E-state index in [2.05, 4.69) is 5.32 Å². The summed E-state index contributed by atoms with van der Waals surface area (Å²) in [6.07, 6.45) is 5.34. The monoisotopic (exact) mass is 477 g/mol. The van der Waals surface area contributed by atoms with Crippen molar-refractivity contribution in [2.45, 2.75) is 55.5 Å². The number of amides is 2. The van der Waals surface area contributed by atoms with Gasteiger partial charge in [0.25, 0.3) is 0 Å². The van der Waals surface area contributed by atoms with E-state index in [4.69, 9.17) is 28.9 Å². The van der Waals surface area contributed by atoms with Gasteiger partial charge < -0.3 is 11.1 Å². The van der Waals surface area contributed by atoms with Crippen LogP contribution in [0.4, 0.5) is 10.1 Å². The molecule has 2 aliphatic rings. The van der Waals surface area contributed by atoms with Crippen LogP contribution in [0.5, 0.6) is 0 Å². The molecule has 1 saturated carbocycles. The Balaban J connectivity index is 2.01. The molecule has 0 bridgehead atoms. The summed E-state index contributed by atoms with van der Waals surface area (Å²) in [6.45, 7) is 0. The van der Waals surface area contributed by atoms with Gasteiger partial charge in [0, 0.05) is 28.1 Å². The quantitative estimate of drug-likeness (QED) is 0.590. The van der Waals surface area contributed by atoms with E-state index >= 15 is 4.39 Å². The Morgan fingerprint density at radius 2 is 1.91 bits per heavy atom. The van der Waals surface area contributed by atoms with Crippen molar-refractivity contribution >= 4 is 41.2 Å². The maximum Gasteiger partial charge on any atom is 0.235 e. The third-order valence-electron chi connectivity index (χ3n) is 7.31. The molecule has 2 fully saturated rings. The predicted octanol–water partition coefficient (Wildman–Crippen LogP) is 5.07. The van der Waals surface area contributed by atoms with Crippen LogP contribution in [-0.4, -0.2) is 35.8 Å². The van der Waals surface area contributed by atoms with Gasteiger partial charge in [-0.15, -0.1) is 0 Å². The Labute approximate surface area is 197 Å². The first-order valence-corrected chi connectivity index (χ1v) is 11.5. The molecule has 1 spiro atoms. The highest BCUT2D eigenvalue weighted by molar-refractivity contribution is 6.31. The summed E-state index contributed by atoms with van der Waals surface area (Å²) in [6, 6.07) is 9.43. The van der Waals surface area contributed by atoms with E-state index in [1.165, 1.54) is 6.07 Å². The number of likely N-dealkylation sites (N-methyl/N-ethyl adjacent to an activating group) is 1. The molecule has 0 radical (unpaired) electrons. The maximum atomic E-state index is 15.4. The lowest BCUT2D eigenvalue weighted by Crippen LogP contribution is -2.51. The zero-order valence-electron chi connectivity index (χ0n) is 17.8. The number of likely N-dealkylation sites (tertiary alicyclic amines) is 1. The summed E-state index contributed by atoms with van der Waals surface area (Å²) < 4.78 is 15.4. The average molecular weight is 478 g/mol. The van der Waals surface area contributed by atoms with Gasteiger partial charge in [0.2, 0.25) is 12.3 Å². The van der Waals surface area contributed by atoms with Gasteiger partial charge in [-0.25, -0.2) is 4.39 Å². The Morgan fingerprint density at radius 1 is 1.19 bits per heavy atom. The molecule has 2 aromatic rings. The summed E-state index contributed by atoms with van der Waals surface area (Å²) in [7, 11) is 1.90. The van der Waals surface area contributed by atoms with Crippen molar-refractivity contribution in [3.63, 3.8) is 0 Å². The largest absolute Gasteiger partial charge is 0.368 e. The van der Waals surface area contributed by atoms with Crippen molar-refractivity contribution in [2.75, 3.05) is 12.4 Å². The van der Waals surface area contributed by atoms with Crippen LogP contribution in [0, 0.1) is 5.82 Å². The van der Waals surface area contributed by atoms with Crippen molar-refractivity contribution in [2.24, 2.45) is 5.73 Å². The van der Waals surface area contributed by atoms with E-state index in [1.807, 2.05) is 18.0 Å². The van der Waals surface area contributed by atoms with Crippen LogP contribution >= 0.6 is 23.2 Å². The molecule has 3 N–H and O–H groups in total. The SMILES string of the molecule is CN1C(C(N)=O)[C@H](c2cccc(Cl)c2F)C(c2ccc(Cl)cc2NC=O)C12CCCCC2. The molecule has 2 unspecified atom stereocenters. The second kappa shape index (κ2) is 9.00. The lowest BCUT2D eigenvalue weighted by atomic mass is 9.66. The standard InChI is InChI=1S/C24H26Cl2FN3O2/c1-30-22(23(28)32)19(16-6-5-7-17(26)21(16)27)20(24(30)10-3-2-4-11-24)15-9-8-14(25)12-18(15)29-13-31/h5-9,12-13,19-20,22H,2-4,10-11H2,1H3,(H2,28,32)(H,29,31)/t19-,20?,22?/m1/s1. The van der Waals surface area contributed by atoms with Crippen molar-refractivity contribution in [1.29, 1.82) is 0 Å². The summed E-state index contributed by atoms with van der Waals surface area (Å²) in [5.74, 6) is -1.95. The minimum absolute atomic E-state index is 0.000867. The number of hydrogen-bond donors (Lipinski definition) is 2. The zero-order valence-corrected chi connectivity index (χ0v) is 19.3. The molecule has 170 valence electrons. The van der Waals surface area contributed by atoms with Crippen LogP contribution in [-0.2, 0) is 9.59 Å². The number of carbonyl (C=O) groups is 2. The first kappa shape index (κ1) is 23.0. The van der Waals surface area contributed by atoms with Gasteiger partial charge in [-0.1, -0.05) is 60.7 Å². The fourth-order valence-corrected chi connectivity index (χ4v) is 6.40. The Hall–Kier alpha value is -2.15. The van der Waals surface area contributed by atoms with Gasteiger partial charge in [0.1, 0.15) is 5.82 Å². The van der Waals surface area contributed by atoms with Crippen LogP contribution in [0.3, 0.4) is 0 Å². The number of nitrogens with zero attached hydrogens (tertiary/aromatic N) is 1. The Kier molecular flexibility index (Phi) is 6.48. The van der Waals surface area contributed by atoms with Gasteiger partial charge in [0.15, 0.2) is 0 Å². The smallest absolute Gasteiger partial charge is 0.235 e. The fraction of sp³-hybridized carbons (Fsp3) is 0.417. The van der Waals surface area contributed by atoms with E-state index in [-0.39, 0.29) is 10.9 Å². The van der Waals surface area contributed by atoms with Crippen LogP contribution in [0.1, 0.15) is 55.1 Å². The van der Waals surface area contributed by atoms with Crippen LogP contribution in [0.25, 0.3) is 0 Å². The third-order valence-corrected chi connectivity index (χ3v) is 7.84. The highest BCUT2D eigenvalue weighted by Gasteiger charge is 2.60. The van der Waals surface area contributed by atoms with Crippen LogP contribution in [0.15, 0.2) is 36.4 Å². The van der Waals surface area contributed by atoms with Gasteiger partial charge in [-0.05, 0) is 49.2 Å². The number of nitrogens with one attached hydrogen (secondary N) is 1. The highest BCUT2D eigenvalue weighted by atomic mass is 35.5. The predicted molar refractivity (Wildman–Crippen MR) is 125 cm³/mol. The summed E-state index contributed by atoms with van der Waals surface area (Å²) in [4.78, 5) is 26.2. The molecule has 5 nitrogen and oxygen atoms in total. The van der Waals surface area contributed by atoms with Gasteiger partial charge >= 0.3 is 0 Å². The summed E-state index contributed by atoms with van der Waals surface area (Å²) in [5, 5.41) is 3.22.